The highest BCUT2D eigenvalue weighted by Gasteiger charge is 2.25. The normalized spacial score (nSPS) is 16.0. The molecule has 0 atom stereocenters. The average molecular weight is 442 g/mol. The molecule has 2 aromatic carbocycles. The molecule has 1 aliphatic rings. The maximum absolute atomic E-state index is 12.5. The van der Waals surface area contributed by atoms with Crippen molar-refractivity contribution in [1.29, 1.82) is 0 Å². The first-order chi connectivity index (χ1) is 12.0. The second-order valence-corrected chi connectivity index (χ2v) is 8.05. The van der Waals surface area contributed by atoms with Gasteiger partial charge in [-0.05, 0) is 61.8 Å². The summed E-state index contributed by atoms with van der Waals surface area (Å²) >= 11 is 15.6. The number of carbonyl (C=O) groups is 1. The predicted octanol–water partition coefficient (Wildman–Crippen LogP) is 5.61. The summed E-state index contributed by atoms with van der Waals surface area (Å²) in [6.45, 7) is 2.56. The second-order valence-electron chi connectivity index (χ2n) is 6.29. The largest absolute Gasteiger partial charge is 0.326 e. The molecule has 3 nitrogen and oxygen atoms in total. The maximum Gasteiger partial charge on any atom is 0.227 e. The van der Waals surface area contributed by atoms with Gasteiger partial charge in [-0.15, -0.1) is 0 Å². The molecule has 0 unspecified atom stereocenters. The number of hydrogen-bond donors (Lipinski definition) is 1. The lowest BCUT2D eigenvalue weighted by Gasteiger charge is -2.31. The molecule has 1 N–H and O–H groups in total. The molecule has 3 rings (SSSR count). The highest BCUT2D eigenvalue weighted by molar-refractivity contribution is 9.10. The number of carbonyl (C=O) groups excluding carboxylic acids is 1. The second kappa shape index (κ2) is 8.54. The van der Waals surface area contributed by atoms with E-state index < -0.39 is 0 Å². The first kappa shape index (κ1) is 18.7. The molecule has 1 fully saturated rings. The number of amides is 1. The molecule has 0 aromatic heterocycles. The fourth-order valence-corrected chi connectivity index (χ4v) is 3.92. The number of benzene rings is 2. The van der Waals surface area contributed by atoms with Crippen molar-refractivity contribution in [2.75, 3.05) is 18.4 Å². The summed E-state index contributed by atoms with van der Waals surface area (Å²) in [5.74, 6) is 0.151. The van der Waals surface area contributed by atoms with Crippen LogP contribution in [0.4, 0.5) is 5.69 Å². The van der Waals surface area contributed by atoms with Gasteiger partial charge in [-0.3, -0.25) is 9.69 Å². The van der Waals surface area contributed by atoms with E-state index in [-0.39, 0.29) is 11.8 Å². The van der Waals surface area contributed by atoms with Gasteiger partial charge in [0.05, 0.1) is 0 Å². The first-order valence-corrected chi connectivity index (χ1v) is 9.79. The Hall–Kier alpha value is -1.07. The third kappa shape index (κ3) is 5.20. The summed E-state index contributed by atoms with van der Waals surface area (Å²) in [5.41, 5.74) is 1.90. The smallest absolute Gasteiger partial charge is 0.227 e. The van der Waals surface area contributed by atoms with E-state index in [1.54, 1.807) is 6.07 Å². The third-order valence-electron chi connectivity index (χ3n) is 4.46. The number of hydrogen-bond acceptors (Lipinski definition) is 2. The monoisotopic (exact) mass is 440 g/mol. The van der Waals surface area contributed by atoms with Crippen LogP contribution in [0.15, 0.2) is 46.9 Å². The molecule has 0 spiro atoms. The minimum atomic E-state index is 0.0518. The zero-order valence-corrected chi connectivity index (χ0v) is 16.7. The summed E-state index contributed by atoms with van der Waals surface area (Å²) in [6.07, 6.45) is 1.70. The fourth-order valence-electron chi connectivity index (χ4n) is 3.05. The molecular weight excluding hydrogens is 423 g/mol. The van der Waals surface area contributed by atoms with Crippen LogP contribution in [0.5, 0.6) is 0 Å². The van der Waals surface area contributed by atoms with E-state index in [9.17, 15) is 4.79 Å². The van der Waals surface area contributed by atoms with Crippen molar-refractivity contribution in [3.8, 4) is 0 Å². The molecule has 132 valence electrons. The first-order valence-electron chi connectivity index (χ1n) is 8.24. The van der Waals surface area contributed by atoms with E-state index in [1.807, 2.05) is 36.4 Å². The number of halogens is 3. The van der Waals surface area contributed by atoms with Crippen molar-refractivity contribution in [3.05, 3.63) is 62.5 Å². The highest BCUT2D eigenvalue weighted by atomic mass is 79.9. The van der Waals surface area contributed by atoms with E-state index in [0.717, 1.165) is 48.2 Å². The quantitative estimate of drug-likeness (QED) is 0.668. The number of rotatable bonds is 4. The van der Waals surface area contributed by atoms with Gasteiger partial charge in [0.1, 0.15) is 0 Å². The van der Waals surface area contributed by atoms with Crippen LogP contribution in [0.1, 0.15) is 18.4 Å². The summed E-state index contributed by atoms with van der Waals surface area (Å²) in [6, 6.07) is 13.3. The summed E-state index contributed by atoms with van der Waals surface area (Å²) < 4.78 is 0.958. The van der Waals surface area contributed by atoms with Gasteiger partial charge in [0, 0.05) is 32.7 Å². The van der Waals surface area contributed by atoms with Gasteiger partial charge in [-0.1, -0.05) is 51.3 Å². The standard InChI is InChI=1S/C19H19BrCl2N2O/c20-15-2-1-3-17(10-15)23-19(25)13-6-8-24(9-7-13)12-14-4-5-16(21)11-18(14)22/h1-5,10-11,13H,6-9,12H2,(H,23,25). The van der Waals surface area contributed by atoms with Crippen LogP contribution in [0.25, 0.3) is 0 Å². The molecule has 1 amide bonds. The van der Waals surface area contributed by atoms with Crippen molar-refractivity contribution >= 4 is 50.7 Å². The molecule has 1 aliphatic heterocycles. The van der Waals surface area contributed by atoms with Crippen molar-refractivity contribution in [3.63, 3.8) is 0 Å². The zero-order valence-electron chi connectivity index (χ0n) is 13.6. The molecular formula is C19H19BrCl2N2O. The van der Waals surface area contributed by atoms with E-state index in [1.165, 1.54) is 0 Å². The lowest BCUT2D eigenvalue weighted by molar-refractivity contribution is -0.121. The van der Waals surface area contributed by atoms with E-state index in [4.69, 9.17) is 23.2 Å². The molecule has 25 heavy (non-hydrogen) atoms. The zero-order chi connectivity index (χ0) is 17.8. The van der Waals surface area contributed by atoms with E-state index in [0.29, 0.717) is 10.0 Å². The highest BCUT2D eigenvalue weighted by Crippen LogP contribution is 2.26. The third-order valence-corrected chi connectivity index (χ3v) is 5.54. The van der Waals surface area contributed by atoms with Gasteiger partial charge in [0.15, 0.2) is 0 Å². The minimum Gasteiger partial charge on any atom is -0.326 e. The molecule has 0 bridgehead atoms. The Morgan fingerprint density at radius 1 is 1.16 bits per heavy atom. The lowest BCUT2D eigenvalue weighted by atomic mass is 9.95. The van der Waals surface area contributed by atoms with Crippen molar-refractivity contribution in [2.24, 2.45) is 5.92 Å². The van der Waals surface area contributed by atoms with Gasteiger partial charge >= 0.3 is 0 Å². The summed E-state index contributed by atoms with van der Waals surface area (Å²) in [4.78, 5) is 14.8. The number of likely N-dealkylation sites (tertiary alicyclic amines) is 1. The van der Waals surface area contributed by atoms with Crippen LogP contribution in [0.2, 0.25) is 10.0 Å². The Morgan fingerprint density at radius 2 is 1.92 bits per heavy atom. The SMILES string of the molecule is O=C(Nc1cccc(Br)c1)C1CCN(Cc2ccc(Cl)cc2Cl)CC1. The minimum absolute atomic E-state index is 0.0518. The van der Waals surface area contributed by atoms with Crippen LogP contribution in [0, 0.1) is 5.92 Å². The predicted molar refractivity (Wildman–Crippen MR) is 107 cm³/mol. The number of nitrogens with zero attached hydrogens (tertiary/aromatic N) is 1. The lowest BCUT2D eigenvalue weighted by Crippen LogP contribution is -2.37. The Bertz CT molecular complexity index is 761. The van der Waals surface area contributed by atoms with Gasteiger partial charge < -0.3 is 5.32 Å². The molecule has 6 heteroatoms. The van der Waals surface area contributed by atoms with Crippen LogP contribution in [0.3, 0.4) is 0 Å². The average Bonchev–Trinajstić information content (AvgIpc) is 2.58. The molecule has 2 aromatic rings. The van der Waals surface area contributed by atoms with Crippen molar-refractivity contribution < 1.29 is 4.79 Å². The number of anilines is 1. The van der Waals surface area contributed by atoms with Crippen LogP contribution < -0.4 is 5.32 Å². The maximum atomic E-state index is 12.5. The number of piperidine rings is 1. The summed E-state index contributed by atoms with van der Waals surface area (Å²) in [5, 5.41) is 4.36. The summed E-state index contributed by atoms with van der Waals surface area (Å²) in [7, 11) is 0. The molecule has 0 saturated carbocycles. The Labute approximate surface area is 166 Å². The molecule has 1 heterocycles. The number of nitrogens with one attached hydrogen (secondary N) is 1. The van der Waals surface area contributed by atoms with Gasteiger partial charge in [0.25, 0.3) is 0 Å². The van der Waals surface area contributed by atoms with Crippen molar-refractivity contribution in [2.45, 2.75) is 19.4 Å². The van der Waals surface area contributed by atoms with Crippen molar-refractivity contribution in [1.82, 2.24) is 4.90 Å². The molecule has 0 radical (unpaired) electrons. The Balaban J connectivity index is 1.52. The Kier molecular flexibility index (Phi) is 6.39. The molecule has 0 aliphatic carbocycles. The fraction of sp³-hybridized carbons (Fsp3) is 0.316. The van der Waals surface area contributed by atoms with Gasteiger partial charge in [-0.2, -0.15) is 0 Å². The van der Waals surface area contributed by atoms with E-state index >= 15 is 0 Å². The van der Waals surface area contributed by atoms with Gasteiger partial charge in [0.2, 0.25) is 5.91 Å². The molecule has 1 saturated heterocycles. The topological polar surface area (TPSA) is 32.3 Å². The Morgan fingerprint density at radius 3 is 2.60 bits per heavy atom. The van der Waals surface area contributed by atoms with Gasteiger partial charge in [-0.25, -0.2) is 0 Å². The van der Waals surface area contributed by atoms with Crippen LogP contribution >= 0.6 is 39.1 Å². The van der Waals surface area contributed by atoms with Crippen LogP contribution in [-0.2, 0) is 11.3 Å². The van der Waals surface area contributed by atoms with E-state index in [2.05, 4.69) is 26.1 Å². The van der Waals surface area contributed by atoms with Crippen LogP contribution in [-0.4, -0.2) is 23.9 Å².